The Hall–Kier alpha value is -1.82. The van der Waals surface area contributed by atoms with Crippen molar-refractivity contribution >= 4 is 15.8 Å². The fraction of sp³-hybridized carbons (Fsp3) is 0.308. The molecule has 5 nitrogen and oxygen atoms in total. The van der Waals surface area contributed by atoms with Gasteiger partial charge in [0.15, 0.2) is 4.91 Å². The van der Waals surface area contributed by atoms with Gasteiger partial charge < -0.3 is 9.47 Å². The molecule has 19 heavy (non-hydrogen) atoms. The van der Waals surface area contributed by atoms with Gasteiger partial charge in [-0.15, -0.1) is 0 Å². The molecule has 1 aromatic rings. The molecule has 1 aromatic carbocycles. The van der Waals surface area contributed by atoms with Crippen molar-refractivity contribution in [2.24, 2.45) is 0 Å². The van der Waals surface area contributed by atoms with Crippen LogP contribution in [0.25, 0.3) is 0 Å². The van der Waals surface area contributed by atoms with Gasteiger partial charge in [-0.05, 0) is 26.0 Å². The second-order valence-corrected chi connectivity index (χ2v) is 5.39. The summed E-state index contributed by atoms with van der Waals surface area (Å²) in [4.78, 5) is 11.2. The molecule has 0 aromatic heterocycles. The van der Waals surface area contributed by atoms with Crippen molar-refractivity contribution in [1.82, 2.24) is 0 Å². The second-order valence-electron chi connectivity index (χ2n) is 3.47. The molecular formula is C13H16O5S. The van der Waals surface area contributed by atoms with E-state index in [1.165, 1.54) is 12.1 Å². The van der Waals surface area contributed by atoms with Crippen LogP contribution in [0.2, 0.25) is 0 Å². The van der Waals surface area contributed by atoms with Crippen LogP contribution in [0.15, 0.2) is 46.4 Å². The summed E-state index contributed by atoms with van der Waals surface area (Å²) in [6, 6.07) is 7.67. The summed E-state index contributed by atoms with van der Waals surface area (Å²) in [5.41, 5.74) is 0. The molecule has 0 unspecified atom stereocenters. The molecule has 0 aliphatic carbocycles. The van der Waals surface area contributed by atoms with Crippen molar-refractivity contribution in [2.45, 2.75) is 18.7 Å². The first-order chi connectivity index (χ1) is 9.04. The lowest BCUT2D eigenvalue weighted by Gasteiger charge is -2.08. The molecule has 104 valence electrons. The SMILES string of the molecule is CCOC=C(C(=O)OCC)S(=O)(=O)c1ccccc1. The Kier molecular flexibility index (Phi) is 5.57. The van der Waals surface area contributed by atoms with Crippen LogP contribution in [-0.4, -0.2) is 27.6 Å². The number of hydrogen-bond donors (Lipinski definition) is 0. The van der Waals surface area contributed by atoms with E-state index in [0.29, 0.717) is 0 Å². The highest BCUT2D eigenvalue weighted by molar-refractivity contribution is 7.96. The zero-order valence-corrected chi connectivity index (χ0v) is 11.6. The molecule has 0 bridgehead atoms. The van der Waals surface area contributed by atoms with Crippen LogP contribution in [0, 0.1) is 0 Å². The highest BCUT2D eigenvalue weighted by Gasteiger charge is 2.28. The van der Waals surface area contributed by atoms with Gasteiger partial charge in [0, 0.05) is 0 Å². The van der Waals surface area contributed by atoms with Gasteiger partial charge in [-0.3, -0.25) is 0 Å². The summed E-state index contributed by atoms with van der Waals surface area (Å²) in [5.74, 6) is -0.917. The Morgan fingerprint density at radius 2 is 1.79 bits per heavy atom. The van der Waals surface area contributed by atoms with Crippen LogP contribution in [0.4, 0.5) is 0 Å². The van der Waals surface area contributed by atoms with Crippen LogP contribution < -0.4 is 0 Å². The average Bonchev–Trinajstić information content (AvgIpc) is 2.40. The quantitative estimate of drug-likeness (QED) is 0.453. The normalized spacial score (nSPS) is 12.0. The minimum Gasteiger partial charge on any atom is -0.500 e. The third-order valence-electron chi connectivity index (χ3n) is 2.18. The maximum Gasteiger partial charge on any atom is 0.353 e. The van der Waals surface area contributed by atoms with E-state index in [1.54, 1.807) is 32.0 Å². The van der Waals surface area contributed by atoms with Crippen molar-refractivity contribution in [3.8, 4) is 0 Å². The molecule has 0 saturated heterocycles. The molecule has 0 radical (unpaired) electrons. The van der Waals surface area contributed by atoms with E-state index < -0.39 is 20.7 Å². The molecule has 6 heteroatoms. The summed E-state index contributed by atoms with van der Waals surface area (Å²) in [6.07, 6.45) is 0.931. The molecular weight excluding hydrogens is 268 g/mol. The monoisotopic (exact) mass is 284 g/mol. The van der Waals surface area contributed by atoms with Crippen molar-refractivity contribution in [3.63, 3.8) is 0 Å². The van der Waals surface area contributed by atoms with Gasteiger partial charge in [-0.25, -0.2) is 13.2 Å². The van der Waals surface area contributed by atoms with E-state index in [1.807, 2.05) is 0 Å². The number of esters is 1. The number of sulfone groups is 1. The van der Waals surface area contributed by atoms with Gasteiger partial charge in [-0.1, -0.05) is 18.2 Å². The Labute approximate surface area is 112 Å². The van der Waals surface area contributed by atoms with Gasteiger partial charge in [-0.2, -0.15) is 0 Å². The summed E-state index contributed by atoms with van der Waals surface area (Å²) in [5, 5.41) is 0. The Morgan fingerprint density at radius 1 is 1.16 bits per heavy atom. The molecule has 0 heterocycles. The first kappa shape index (κ1) is 15.2. The highest BCUT2D eigenvalue weighted by atomic mass is 32.2. The van der Waals surface area contributed by atoms with E-state index in [4.69, 9.17) is 9.47 Å². The standard InChI is InChI=1S/C13H16O5S/c1-3-17-10-12(13(14)18-4-2)19(15,16)11-8-6-5-7-9-11/h5-10H,3-4H2,1-2H3. The molecule has 0 saturated carbocycles. The number of carbonyl (C=O) groups excluding carboxylic acids is 1. The van der Waals surface area contributed by atoms with Crippen LogP contribution in [-0.2, 0) is 24.1 Å². The lowest BCUT2D eigenvalue weighted by molar-refractivity contribution is -0.137. The van der Waals surface area contributed by atoms with Crippen molar-refractivity contribution in [2.75, 3.05) is 13.2 Å². The van der Waals surface area contributed by atoms with E-state index in [0.717, 1.165) is 6.26 Å². The minimum absolute atomic E-state index is 0.0222. The topological polar surface area (TPSA) is 69.7 Å². The maximum absolute atomic E-state index is 12.3. The maximum atomic E-state index is 12.3. The third kappa shape index (κ3) is 3.82. The Bertz CT molecular complexity index is 546. The summed E-state index contributed by atoms with van der Waals surface area (Å²) in [6.45, 7) is 3.64. The molecule has 0 atom stereocenters. The molecule has 0 aliphatic heterocycles. The largest absolute Gasteiger partial charge is 0.500 e. The summed E-state index contributed by atoms with van der Waals surface area (Å²) >= 11 is 0. The smallest absolute Gasteiger partial charge is 0.353 e. The molecule has 0 N–H and O–H groups in total. The van der Waals surface area contributed by atoms with Crippen LogP contribution in [0.3, 0.4) is 0 Å². The predicted octanol–water partition coefficient (Wildman–Crippen LogP) is 1.90. The van der Waals surface area contributed by atoms with E-state index >= 15 is 0 Å². The number of carbonyl (C=O) groups is 1. The van der Waals surface area contributed by atoms with Gasteiger partial charge in [0.25, 0.3) is 0 Å². The van der Waals surface area contributed by atoms with Crippen molar-refractivity contribution in [3.05, 3.63) is 41.5 Å². The van der Waals surface area contributed by atoms with E-state index in [9.17, 15) is 13.2 Å². The Balaban J connectivity index is 3.21. The lowest BCUT2D eigenvalue weighted by Crippen LogP contribution is -2.17. The highest BCUT2D eigenvalue weighted by Crippen LogP contribution is 2.20. The molecule has 0 fully saturated rings. The van der Waals surface area contributed by atoms with Crippen molar-refractivity contribution < 1.29 is 22.7 Å². The van der Waals surface area contributed by atoms with E-state index in [-0.39, 0.29) is 18.1 Å². The molecule has 0 aliphatic rings. The molecule has 0 spiro atoms. The Morgan fingerprint density at radius 3 is 2.32 bits per heavy atom. The van der Waals surface area contributed by atoms with Crippen LogP contribution >= 0.6 is 0 Å². The van der Waals surface area contributed by atoms with E-state index in [2.05, 4.69) is 0 Å². The third-order valence-corrected chi connectivity index (χ3v) is 3.91. The van der Waals surface area contributed by atoms with Crippen molar-refractivity contribution in [1.29, 1.82) is 0 Å². The van der Waals surface area contributed by atoms with Crippen LogP contribution in [0.5, 0.6) is 0 Å². The fourth-order valence-corrected chi connectivity index (χ4v) is 2.55. The minimum atomic E-state index is -3.93. The van der Waals surface area contributed by atoms with Gasteiger partial charge in [0.1, 0.15) is 6.26 Å². The zero-order valence-electron chi connectivity index (χ0n) is 10.8. The zero-order chi connectivity index (χ0) is 14.3. The predicted molar refractivity (Wildman–Crippen MR) is 70.0 cm³/mol. The van der Waals surface area contributed by atoms with Gasteiger partial charge in [0.2, 0.25) is 9.84 Å². The first-order valence-corrected chi connectivity index (χ1v) is 7.31. The van der Waals surface area contributed by atoms with Crippen LogP contribution in [0.1, 0.15) is 13.8 Å². The van der Waals surface area contributed by atoms with Gasteiger partial charge >= 0.3 is 5.97 Å². The number of benzene rings is 1. The van der Waals surface area contributed by atoms with Gasteiger partial charge in [0.05, 0.1) is 18.1 Å². The molecule has 1 rings (SSSR count). The average molecular weight is 284 g/mol. The summed E-state index contributed by atoms with van der Waals surface area (Å²) < 4.78 is 34.3. The number of ether oxygens (including phenoxy) is 2. The number of rotatable bonds is 6. The first-order valence-electron chi connectivity index (χ1n) is 5.83. The lowest BCUT2D eigenvalue weighted by atomic mass is 10.4. The second kappa shape index (κ2) is 6.94. The molecule has 0 amide bonds. The summed E-state index contributed by atoms with van der Waals surface area (Å²) in [7, 11) is -3.93. The number of hydrogen-bond acceptors (Lipinski definition) is 5. The fourth-order valence-electron chi connectivity index (χ4n) is 1.31.